The Kier molecular flexibility index (Phi) is 3.85. The Labute approximate surface area is 126 Å². The zero-order valence-corrected chi connectivity index (χ0v) is 12.4. The van der Waals surface area contributed by atoms with Gasteiger partial charge in [0.15, 0.2) is 12.5 Å². The molecule has 0 amide bonds. The van der Waals surface area contributed by atoms with E-state index in [0.29, 0.717) is 6.54 Å². The highest BCUT2D eigenvalue weighted by Crippen LogP contribution is 2.32. The normalized spacial score (nSPS) is 21.9. The third-order valence-electron chi connectivity index (χ3n) is 3.42. The lowest BCUT2D eigenvalue weighted by Crippen LogP contribution is -2.31. The highest BCUT2D eigenvalue weighted by molar-refractivity contribution is 9.10. The van der Waals surface area contributed by atoms with E-state index >= 15 is 0 Å². The molecule has 2 atom stereocenters. The van der Waals surface area contributed by atoms with Crippen LogP contribution in [0.4, 0.5) is 5.69 Å². The molecule has 2 unspecified atom stereocenters. The maximum Gasteiger partial charge on any atom is 0.187 e. The fourth-order valence-corrected chi connectivity index (χ4v) is 2.67. The van der Waals surface area contributed by atoms with Gasteiger partial charge in [-0.15, -0.1) is 0 Å². The van der Waals surface area contributed by atoms with Crippen molar-refractivity contribution in [1.82, 2.24) is 0 Å². The Bertz CT molecular complexity index is 585. The Morgan fingerprint density at radius 3 is 2.45 bits per heavy atom. The minimum atomic E-state index is -0.526. The van der Waals surface area contributed by atoms with Crippen molar-refractivity contribution in [1.29, 1.82) is 0 Å². The van der Waals surface area contributed by atoms with E-state index in [4.69, 9.17) is 4.74 Å². The number of anilines is 1. The molecule has 0 radical (unpaired) electrons. The highest BCUT2D eigenvalue weighted by atomic mass is 79.9. The number of carbonyl (C=O) groups is 1. The molecular weight excluding hydrogens is 318 g/mol. The fraction of sp³-hybridized carbons (Fsp3) is 0.188. The summed E-state index contributed by atoms with van der Waals surface area (Å²) in [6, 6.07) is 17.9. The maximum atomic E-state index is 11.3. The molecule has 3 rings (SSSR count). The maximum absolute atomic E-state index is 11.3. The monoisotopic (exact) mass is 331 g/mol. The Hall–Kier alpha value is -1.65. The van der Waals surface area contributed by atoms with Gasteiger partial charge < -0.3 is 9.64 Å². The average Bonchev–Trinajstić information content (AvgIpc) is 2.93. The Morgan fingerprint density at radius 1 is 1.10 bits per heavy atom. The van der Waals surface area contributed by atoms with Crippen LogP contribution in [0.2, 0.25) is 0 Å². The van der Waals surface area contributed by atoms with Crippen molar-refractivity contribution in [3.05, 3.63) is 64.6 Å². The van der Waals surface area contributed by atoms with Gasteiger partial charge in [-0.25, -0.2) is 0 Å². The predicted molar refractivity (Wildman–Crippen MR) is 81.6 cm³/mol. The second-order valence-electron chi connectivity index (χ2n) is 4.69. The molecule has 0 aromatic heterocycles. The zero-order chi connectivity index (χ0) is 13.9. The summed E-state index contributed by atoms with van der Waals surface area (Å²) in [6.45, 7) is 0.676. The molecule has 0 aliphatic carbocycles. The SMILES string of the molecule is O=CC1OC(c2ccccc2)CN1c1ccc(Br)cc1. The van der Waals surface area contributed by atoms with Gasteiger partial charge in [-0.3, -0.25) is 4.79 Å². The van der Waals surface area contributed by atoms with Gasteiger partial charge >= 0.3 is 0 Å². The number of carbonyl (C=O) groups excluding carboxylic acids is 1. The summed E-state index contributed by atoms with van der Waals surface area (Å²) in [4.78, 5) is 13.2. The van der Waals surface area contributed by atoms with Gasteiger partial charge in [0, 0.05) is 10.2 Å². The van der Waals surface area contributed by atoms with Crippen LogP contribution in [-0.2, 0) is 9.53 Å². The van der Waals surface area contributed by atoms with Crippen molar-refractivity contribution in [2.24, 2.45) is 0 Å². The van der Waals surface area contributed by atoms with E-state index in [9.17, 15) is 4.79 Å². The first-order valence-electron chi connectivity index (χ1n) is 6.46. The van der Waals surface area contributed by atoms with Crippen LogP contribution in [0.25, 0.3) is 0 Å². The van der Waals surface area contributed by atoms with Crippen LogP contribution >= 0.6 is 15.9 Å². The molecule has 4 heteroatoms. The molecule has 0 bridgehead atoms. The number of hydrogen-bond donors (Lipinski definition) is 0. The van der Waals surface area contributed by atoms with E-state index in [1.807, 2.05) is 59.5 Å². The summed E-state index contributed by atoms with van der Waals surface area (Å²) >= 11 is 3.42. The molecule has 1 aliphatic rings. The molecule has 1 aliphatic heterocycles. The topological polar surface area (TPSA) is 29.5 Å². The molecule has 102 valence electrons. The molecule has 1 saturated heterocycles. The molecule has 0 N–H and O–H groups in total. The van der Waals surface area contributed by atoms with Gasteiger partial charge in [0.25, 0.3) is 0 Å². The van der Waals surface area contributed by atoms with Gasteiger partial charge in [-0.05, 0) is 29.8 Å². The van der Waals surface area contributed by atoms with E-state index in [-0.39, 0.29) is 6.10 Å². The molecule has 1 fully saturated rings. The number of nitrogens with zero attached hydrogens (tertiary/aromatic N) is 1. The van der Waals surface area contributed by atoms with Crippen molar-refractivity contribution >= 4 is 27.9 Å². The highest BCUT2D eigenvalue weighted by Gasteiger charge is 2.33. The average molecular weight is 332 g/mol. The number of halogens is 1. The van der Waals surface area contributed by atoms with Crippen LogP contribution < -0.4 is 4.90 Å². The predicted octanol–water partition coefficient (Wildman–Crippen LogP) is 3.55. The van der Waals surface area contributed by atoms with Crippen LogP contribution in [0.5, 0.6) is 0 Å². The number of ether oxygens (including phenoxy) is 1. The third-order valence-corrected chi connectivity index (χ3v) is 3.95. The molecule has 3 nitrogen and oxygen atoms in total. The zero-order valence-electron chi connectivity index (χ0n) is 10.8. The summed E-state index contributed by atoms with van der Waals surface area (Å²) in [7, 11) is 0. The molecule has 0 spiro atoms. The second kappa shape index (κ2) is 5.77. The van der Waals surface area contributed by atoms with E-state index in [1.165, 1.54) is 0 Å². The fourth-order valence-electron chi connectivity index (χ4n) is 2.41. The minimum absolute atomic E-state index is 0.0740. The first-order valence-corrected chi connectivity index (χ1v) is 7.25. The minimum Gasteiger partial charge on any atom is -0.341 e. The summed E-state index contributed by atoms with van der Waals surface area (Å²) < 4.78 is 6.86. The van der Waals surface area contributed by atoms with Crippen molar-refractivity contribution in [3.8, 4) is 0 Å². The van der Waals surface area contributed by atoms with E-state index in [1.54, 1.807) is 0 Å². The molecule has 0 saturated carbocycles. The molecule has 2 aromatic carbocycles. The van der Waals surface area contributed by atoms with Crippen molar-refractivity contribution in [3.63, 3.8) is 0 Å². The standard InChI is InChI=1S/C16H14BrNO2/c17-13-6-8-14(9-7-13)18-10-15(20-16(18)11-19)12-4-2-1-3-5-12/h1-9,11,15-16H,10H2. The summed E-state index contributed by atoms with van der Waals surface area (Å²) in [5.74, 6) is 0. The number of aldehydes is 1. The largest absolute Gasteiger partial charge is 0.341 e. The summed E-state index contributed by atoms with van der Waals surface area (Å²) in [6.07, 6.45) is 0.252. The Balaban J connectivity index is 1.85. The van der Waals surface area contributed by atoms with Crippen molar-refractivity contribution in [2.75, 3.05) is 11.4 Å². The van der Waals surface area contributed by atoms with Crippen LogP contribution in [0.1, 0.15) is 11.7 Å². The quantitative estimate of drug-likeness (QED) is 0.805. The molecular formula is C16H14BrNO2. The van der Waals surface area contributed by atoms with Crippen molar-refractivity contribution < 1.29 is 9.53 Å². The number of benzene rings is 2. The first-order chi connectivity index (χ1) is 9.78. The van der Waals surface area contributed by atoms with Crippen LogP contribution in [-0.4, -0.2) is 19.1 Å². The van der Waals surface area contributed by atoms with Crippen LogP contribution in [0.15, 0.2) is 59.1 Å². The van der Waals surface area contributed by atoms with Gasteiger partial charge in [0.2, 0.25) is 0 Å². The number of hydrogen-bond acceptors (Lipinski definition) is 3. The first kappa shape index (κ1) is 13.3. The van der Waals surface area contributed by atoms with E-state index < -0.39 is 6.23 Å². The lowest BCUT2D eigenvalue weighted by atomic mass is 10.1. The Morgan fingerprint density at radius 2 is 1.80 bits per heavy atom. The second-order valence-corrected chi connectivity index (χ2v) is 5.61. The number of rotatable bonds is 3. The molecule has 20 heavy (non-hydrogen) atoms. The molecule has 2 aromatic rings. The lowest BCUT2D eigenvalue weighted by molar-refractivity contribution is -0.117. The van der Waals surface area contributed by atoms with Gasteiger partial charge in [-0.1, -0.05) is 46.3 Å². The van der Waals surface area contributed by atoms with Gasteiger partial charge in [0.05, 0.1) is 6.54 Å². The van der Waals surface area contributed by atoms with E-state index in [2.05, 4.69) is 15.9 Å². The smallest absolute Gasteiger partial charge is 0.187 e. The van der Waals surface area contributed by atoms with Gasteiger partial charge in [0.1, 0.15) is 6.10 Å². The van der Waals surface area contributed by atoms with Gasteiger partial charge in [-0.2, -0.15) is 0 Å². The van der Waals surface area contributed by atoms with E-state index in [0.717, 1.165) is 22.0 Å². The lowest BCUT2D eigenvalue weighted by Gasteiger charge is -2.20. The summed E-state index contributed by atoms with van der Waals surface area (Å²) in [5.41, 5.74) is 2.09. The van der Waals surface area contributed by atoms with Crippen LogP contribution in [0, 0.1) is 0 Å². The van der Waals surface area contributed by atoms with Crippen LogP contribution in [0.3, 0.4) is 0 Å². The van der Waals surface area contributed by atoms with Crippen molar-refractivity contribution in [2.45, 2.75) is 12.3 Å². The summed E-state index contributed by atoms with van der Waals surface area (Å²) in [5, 5.41) is 0. The molecule has 1 heterocycles. The third kappa shape index (κ3) is 2.62.